The van der Waals surface area contributed by atoms with E-state index in [-0.39, 0.29) is 5.56 Å². The Kier molecular flexibility index (Phi) is 3.22. The Hall–Kier alpha value is -2.11. The second kappa shape index (κ2) is 4.82. The zero-order valence-corrected chi connectivity index (χ0v) is 9.06. The highest BCUT2D eigenvalue weighted by Crippen LogP contribution is 2.22. The van der Waals surface area contributed by atoms with Gasteiger partial charge in [0.15, 0.2) is 6.10 Å². The van der Waals surface area contributed by atoms with Crippen molar-refractivity contribution in [3.63, 3.8) is 0 Å². The molecule has 4 nitrogen and oxygen atoms in total. The van der Waals surface area contributed by atoms with Crippen LogP contribution in [0.3, 0.4) is 0 Å². The van der Waals surface area contributed by atoms with Crippen LogP contribution in [-0.4, -0.2) is 25.8 Å². The Balaban J connectivity index is 2.23. The minimum Gasteiger partial charge on any atom is -0.363 e. The zero-order valence-electron chi connectivity index (χ0n) is 9.06. The summed E-state index contributed by atoms with van der Waals surface area (Å²) in [5.41, 5.74) is 0.698. The van der Waals surface area contributed by atoms with E-state index in [2.05, 4.69) is 0 Å². The van der Waals surface area contributed by atoms with Crippen LogP contribution in [-0.2, 0) is 4.74 Å². The van der Waals surface area contributed by atoms with Gasteiger partial charge in [-0.2, -0.15) is 10.5 Å². The summed E-state index contributed by atoms with van der Waals surface area (Å²) in [6.07, 6.45) is -0.529. The Labute approximate surface area is 98.4 Å². The molecular formula is C12H10FN3O. The smallest absolute Gasteiger partial charge is 0.161 e. The van der Waals surface area contributed by atoms with Crippen LogP contribution in [0.4, 0.5) is 10.1 Å². The van der Waals surface area contributed by atoms with Crippen molar-refractivity contribution in [1.82, 2.24) is 0 Å². The van der Waals surface area contributed by atoms with Gasteiger partial charge in [0.05, 0.1) is 36.5 Å². The van der Waals surface area contributed by atoms with Crippen LogP contribution in [0.5, 0.6) is 0 Å². The van der Waals surface area contributed by atoms with Crippen LogP contribution < -0.4 is 4.90 Å². The first-order chi connectivity index (χ1) is 8.24. The van der Waals surface area contributed by atoms with Gasteiger partial charge < -0.3 is 9.64 Å². The molecule has 0 N–H and O–H groups in total. The van der Waals surface area contributed by atoms with Crippen molar-refractivity contribution in [2.24, 2.45) is 0 Å². The average Bonchev–Trinajstić information content (AvgIpc) is 2.38. The SMILES string of the molecule is N#Cc1ccc(N2CCOC(C#N)C2)c(F)c1. The first-order valence-corrected chi connectivity index (χ1v) is 5.20. The lowest BCUT2D eigenvalue weighted by Gasteiger charge is -2.31. The number of nitrogens with zero attached hydrogens (tertiary/aromatic N) is 3. The van der Waals surface area contributed by atoms with Crippen molar-refractivity contribution in [3.05, 3.63) is 29.6 Å². The number of ether oxygens (including phenoxy) is 1. The van der Waals surface area contributed by atoms with Crippen LogP contribution in [0.2, 0.25) is 0 Å². The van der Waals surface area contributed by atoms with E-state index in [1.807, 2.05) is 12.1 Å². The monoisotopic (exact) mass is 231 g/mol. The number of benzene rings is 1. The minimum atomic E-state index is -0.529. The standard InChI is InChI=1S/C12H10FN3O/c13-11-5-9(6-14)1-2-12(11)16-3-4-17-10(7-15)8-16/h1-2,5,10H,3-4,8H2. The van der Waals surface area contributed by atoms with Crippen molar-refractivity contribution in [2.45, 2.75) is 6.10 Å². The molecule has 1 heterocycles. The molecule has 5 heteroatoms. The summed E-state index contributed by atoms with van der Waals surface area (Å²) < 4.78 is 18.9. The third-order valence-electron chi connectivity index (χ3n) is 2.63. The Morgan fingerprint density at radius 2 is 2.24 bits per heavy atom. The number of rotatable bonds is 1. The van der Waals surface area contributed by atoms with Crippen LogP contribution in [0.15, 0.2) is 18.2 Å². The maximum absolute atomic E-state index is 13.7. The molecule has 0 aromatic heterocycles. The molecule has 1 aliphatic heterocycles. The van der Waals surface area contributed by atoms with E-state index in [9.17, 15) is 4.39 Å². The number of hydrogen-bond acceptors (Lipinski definition) is 4. The zero-order chi connectivity index (χ0) is 12.3. The molecule has 0 saturated carbocycles. The largest absolute Gasteiger partial charge is 0.363 e. The number of morpholine rings is 1. The molecule has 0 aliphatic carbocycles. The molecule has 1 aromatic carbocycles. The summed E-state index contributed by atoms with van der Waals surface area (Å²) in [4.78, 5) is 1.76. The second-order valence-electron chi connectivity index (χ2n) is 3.71. The molecule has 1 aliphatic rings. The molecule has 17 heavy (non-hydrogen) atoms. The molecule has 1 unspecified atom stereocenters. The maximum Gasteiger partial charge on any atom is 0.161 e. The highest BCUT2D eigenvalue weighted by Gasteiger charge is 2.22. The predicted octanol–water partition coefficient (Wildman–Crippen LogP) is 1.43. The quantitative estimate of drug-likeness (QED) is 0.733. The first-order valence-electron chi connectivity index (χ1n) is 5.20. The second-order valence-corrected chi connectivity index (χ2v) is 3.71. The topological polar surface area (TPSA) is 60.1 Å². The lowest BCUT2D eigenvalue weighted by atomic mass is 10.2. The Bertz CT molecular complexity index is 503. The molecule has 0 radical (unpaired) electrons. The highest BCUT2D eigenvalue weighted by molar-refractivity contribution is 5.51. The minimum absolute atomic E-state index is 0.288. The summed E-state index contributed by atoms with van der Waals surface area (Å²) in [7, 11) is 0. The van der Waals surface area contributed by atoms with Crippen LogP contribution >= 0.6 is 0 Å². The van der Waals surface area contributed by atoms with E-state index in [1.54, 1.807) is 17.0 Å². The van der Waals surface area contributed by atoms with E-state index in [0.717, 1.165) is 0 Å². The fraction of sp³-hybridized carbons (Fsp3) is 0.333. The first kappa shape index (κ1) is 11.4. The maximum atomic E-state index is 13.7. The van der Waals surface area contributed by atoms with Crippen molar-refractivity contribution in [3.8, 4) is 12.1 Å². The third kappa shape index (κ3) is 2.35. The molecule has 1 atom stereocenters. The highest BCUT2D eigenvalue weighted by atomic mass is 19.1. The van der Waals surface area contributed by atoms with Crippen LogP contribution in [0, 0.1) is 28.5 Å². The number of hydrogen-bond donors (Lipinski definition) is 0. The van der Waals surface area contributed by atoms with Gasteiger partial charge in [-0.15, -0.1) is 0 Å². The van der Waals surface area contributed by atoms with Gasteiger partial charge in [0, 0.05) is 6.54 Å². The summed E-state index contributed by atoms with van der Waals surface area (Å²) in [6, 6.07) is 8.22. The summed E-state index contributed by atoms with van der Waals surface area (Å²) >= 11 is 0. The molecule has 0 amide bonds. The summed E-state index contributed by atoms with van der Waals surface area (Å²) in [5, 5.41) is 17.4. The normalized spacial score (nSPS) is 19.5. The van der Waals surface area contributed by atoms with Crippen molar-refractivity contribution in [1.29, 1.82) is 10.5 Å². The fourth-order valence-electron chi connectivity index (χ4n) is 1.78. The molecule has 1 fully saturated rings. The van der Waals surface area contributed by atoms with Crippen molar-refractivity contribution < 1.29 is 9.13 Å². The van der Waals surface area contributed by atoms with E-state index < -0.39 is 11.9 Å². The van der Waals surface area contributed by atoms with Gasteiger partial charge in [-0.25, -0.2) is 4.39 Å². The van der Waals surface area contributed by atoms with Crippen molar-refractivity contribution >= 4 is 5.69 Å². The average molecular weight is 231 g/mol. The predicted molar refractivity (Wildman–Crippen MR) is 58.7 cm³/mol. The van der Waals surface area contributed by atoms with Crippen molar-refractivity contribution in [2.75, 3.05) is 24.6 Å². The lowest BCUT2D eigenvalue weighted by molar-refractivity contribution is 0.0762. The number of anilines is 1. The van der Waals surface area contributed by atoms with Gasteiger partial charge in [0.25, 0.3) is 0 Å². The van der Waals surface area contributed by atoms with E-state index in [0.29, 0.717) is 25.4 Å². The molecule has 2 rings (SSSR count). The van der Waals surface area contributed by atoms with Gasteiger partial charge in [0.2, 0.25) is 0 Å². The molecule has 1 saturated heterocycles. The van der Waals surface area contributed by atoms with Gasteiger partial charge in [-0.3, -0.25) is 0 Å². The van der Waals surface area contributed by atoms with Gasteiger partial charge in [0.1, 0.15) is 5.82 Å². The summed E-state index contributed by atoms with van der Waals surface area (Å²) in [5.74, 6) is -0.442. The number of halogens is 1. The van der Waals surface area contributed by atoms with Crippen LogP contribution in [0.25, 0.3) is 0 Å². The van der Waals surface area contributed by atoms with E-state index >= 15 is 0 Å². The van der Waals surface area contributed by atoms with E-state index in [4.69, 9.17) is 15.3 Å². The molecule has 1 aromatic rings. The van der Waals surface area contributed by atoms with Gasteiger partial charge >= 0.3 is 0 Å². The molecular weight excluding hydrogens is 221 g/mol. The summed E-state index contributed by atoms with van der Waals surface area (Å²) in [6.45, 7) is 1.29. The molecule has 86 valence electrons. The Morgan fingerprint density at radius 3 is 2.88 bits per heavy atom. The lowest BCUT2D eigenvalue weighted by Crippen LogP contribution is -2.42. The molecule has 0 spiro atoms. The Morgan fingerprint density at radius 1 is 1.41 bits per heavy atom. The van der Waals surface area contributed by atoms with Gasteiger partial charge in [-0.05, 0) is 18.2 Å². The van der Waals surface area contributed by atoms with Crippen LogP contribution in [0.1, 0.15) is 5.56 Å². The fourth-order valence-corrected chi connectivity index (χ4v) is 1.78. The van der Waals surface area contributed by atoms with Gasteiger partial charge in [-0.1, -0.05) is 0 Å². The molecule has 0 bridgehead atoms. The number of nitriles is 2. The third-order valence-corrected chi connectivity index (χ3v) is 2.63. The van der Waals surface area contributed by atoms with E-state index in [1.165, 1.54) is 6.07 Å².